The van der Waals surface area contributed by atoms with E-state index in [1.54, 1.807) is 12.1 Å². The normalized spacial score (nSPS) is 17.0. The third kappa shape index (κ3) is 4.65. The number of nitrogens with one attached hydrogen (secondary N) is 2. The molecule has 0 unspecified atom stereocenters. The molecule has 0 spiro atoms. The zero-order valence-corrected chi connectivity index (χ0v) is 14.3. The van der Waals surface area contributed by atoms with Gasteiger partial charge in [0.1, 0.15) is 6.10 Å². The monoisotopic (exact) mass is 351 g/mol. The van der Waals surface area contributed by atoms with Gasteiger partial charge in [-0.25, -0.2) is 13.1 Å². The molecule has 0 radical (unpaired) electrons. The van der Waals surface area contributed by atoms with Gasteiger partial charge >= 0.3 is 0 Å². The van der Waals surface area contributed by atoms with E-state index in [9.17, 15) is 13.2 Å². The summed E-state index contributed by atoms with van der Waals surface area (Å²) in [7, 11) is -3.73. The van der Waals surface area contributed by atoms with Gasteiger partial charge in [-0.15, -0.1) is 6.58 Å². The first-order valence-electron chi connectivity index (χ1n) is 7.66. The molecule has 0 bridgehead atoms. The van der Waals surface area contributed by atoms with Gasteiger partial charge in [0, 0.05) is 18.5 Å². The number of nitrogens with zero attached hydrogens (tertiary/aromatic N) is 1. The molecule has 2 rings (SSSR count). The van der Waals surface area contributed by atoms with E-state index in [-0.39, 0.29) is 29.0 Å². The fraction of sp³-hybridized carbons (Fsp3) is 0.375. The van der Waals surface area contributed by atoms with Crippen LogP contribution in [0.2, 0.25) is 0 Å². The lowest BCUT2D eigenvalue weighted by molar-refractivity contribution is 0.0890. The maximum atomic E-state index is 12.4. The summed E-state index contributed by atoms with van der Waals surface area (Å²) in [5.74, 6) is -0.355. The van der Waals surface area contributed by atoms with Crippen molar-refractivity contribution in [3.05, 3.63) is 42.5 Å². The molecular formula is C16H21N3O4S. The largest absolute Gasteiger partial charge is 0.391 e. The topological polar surface area (TPSA) is 96.9 Å². The second-order valence-electron chi connectivity index (χ2n) is 5.32. The van der Waals surface area contributed by atoms with E-state index in [1.165, 1.54) is 18.2 Å². The molecule has 1 aliphatic heterocycles. The summed E-state index contributed by atoms with van der Waals surface area (Å²) < 4.78 is 27.3. The van der Waals surface area contributed by atoms with Crippen LogP contribution in [0, 0.1) is 0 Å². The van der Waals surface area contributed by atoms with Crippen LogP contribution in [-0.2, 0) is 14.9 Å². The van der Waals surface area contributed by atoms with Gasteiger partial charge in [-0.1, -0.05) is 24.2 Å². The van der Waals surface area contributed by atoms with Crippen LogP contribution in [0.4, 0.5) is 0 Å². The number of sulfonamides is 1. The van der Waals surface area contributed by atoms with Crippen LogP contribution < -0.4 is 10.0 Å². The summed E-state index contributed by atoms with van der Waals surface area (Å²) >= 11 is 0. The maximum absolute atomic E-state index is 12.4. The Balaban J connectivity index is 2.01. The van der Waals surface area contributed by atoms with Gasteiger partial charge in [0.05, 0.1) is 17.2 Å². The Kier molecular flexibility index (Phi) is 6.10. The maximum Gasteiger partial charge on any atom is 0.251 e. The summed E-state index contributed by atoms with van der Waals surface area (Å²) in [5.41, 5.74) is 1.19. The van der Waals surface area contributed by atoms with Crippen LogP contribution in [0.5, 0.6) is 0 Å². The molecule has 0 saturated heterocycles. The highest BCUT2D eigenvalue weighted by Crippen LogP contribution is 2.15. The van der Waals surface area contributed by atoms with Crippen molar-refractivity contribution in [1.82, 2.24) is 10.0 Å². The van der Waals surface area contributed by atoms with Crippen molar-refractivity contribution in [2.24, 2.45) is 5.16 Å². The average molecular weight is 351 g/mol. The number of amides is 1. The Morgan fingerprint density at radius 2 is 2.29 bits per heavy atom. The predicted molar refractivity (Wildman–Crippen MR) is 91.4 cm³/mol. The van der Waals surface area contributed by atoms with E-state index < -0.39 is 10.0 Å². The fourth-order valence-electron chi connectivity index (χ4n) is 2.16. The first-order chi connectivity index (χ1) is 11.5. The molecular weight excluding hydrogens is 330 g/mol. The molecule has 7 nitrogen and oxygen atoms in total. The van der Waals surface area contributed by atoms with Crippen molar-refractivity contribution >= 4 is 21.6 Å². The number of carbonyl (C=O) groups excluding carboxylic acids is 1. The Morgan fingerprint density at radius 1 is 1.50 bits per heavy atom. The van der Waals surface area contributed by atoms with Crippen molar-refractivity contribution in [3.8, 4) is 0 Å². The minimum Gasteiger partial charge on any atom is -0.391 e. The highest BCUT2D eigenvalue weighted by atomic mass is 32.2. The van der Waals surface area contributed by atoms with Gasteiger partial charge in [-0.05, 0) is 24.6 Å². The summed E-state index contributed by atoms with van der Waals surface area (Å²) in [6.07, 6.45) is 2.65. The zero-order chi connectivity index (χ0) is 17.6. The Hall–Kier alpha value is -2.19. The lowest BCUT2D eigenvalue weighted by atomic mass is 10.1. The van der Waals surface area contributed by atoms with Crippen molar-refractivity contribution in [3.63, 3.8) is 0 Å². The Bertz CT molecular complexity index is 743. The number of benzene rings is 1. The second kappa shape index (κ2) is 8.07. The number of carbonyl (C=O) groups is 1. The van der Waals surface area contributed by atoms with E-state index >= 15 is 0 Å². The average Bonchev–Trinajstić information content (AvgIpc) is 3.06. The van der Waals surface area contributed by atoms with Gasteiger partial charge < -0.3 is 10.2 Å². The van der Waals surface area contributed by atoms with Crippen LogP contribution in [0.25, 0.3) is 0 Å². The molecule has 1 atom stereocenters. The Labute approximate surface area is 141 Å². The van der Waals surface area contributed by atoms with E-state index in [4.69, 9.17) is 4.84 Å². The molecule has 1 aromatic carbocycles. The molecule has 24 heavy (non-hydrogen) atoms. The molecule has 0 aliphatic carbocycles. The smallest absolute Gasteiger partial charge is 0.251 e. The minimum absolute atomic E-state index is 0.0309. The third-order valence-electron chi connectivity index (χ3n) is 3.52. The minimum atomic E-state index is -3.73. The first kappa shape index (κ1) is 18.2. The van der Waals surface area contributed by atoms with Crippen molar-refractivity contribution in [1.29, 1.82) is 0 Å². The molecule has 0 aromatic heterocycles. The molecule has 1 heterocycles. The number of hydrogen-bond donors (Lipinski definition) is 2. The standard InChI is InChI=1S/C16H21N3O4S/c1-3-8-17-16(20)12-6-5-7-15(9-12)24(21,22)18-11-14-10-13(4-2)19-23-14/h3,5-7,9,14,18H,1,4,8,10-11H2,2H3,(H,17,20)/t14-/m0/s1. The highest BCUT2D eigenvalue weighted by molar-refractivity contribution is 7.89. The van der Waals surface area contributed by atoms with Crippen LogP contribution in [0.15, 0.2) is 47.0 Å². The van der Waals surface area contributed by atoms with E-state index in [0.717, 1.165) is 12.1 Å². The van der Waals surface area contributed by atoms with Crippen molar-refractivity contribution < 1.29 is 18.0 Å². The van der Waals surface area contributed by atoms with Gasteiger partial charge in [0.25, 0.3) is 5.91 Å². The van der Waals surface area contributed by atoms with Gasteiger partial charge in [0.2, 0.25) is 10.0 Å². The van der Waals surface area contributed by atoms with Gasteiger partial charge in [0.15, 0.2) is 0 Å². The molecule has 1 aromatic rings. The second-order valence-corrected chi connectivity index (χ2v) is 7.09. The van der Waals surface area contributed by atoms with Crippen molar-refractivity contribution in [2.75, 3.05) is 13.1 Å². The van der Waals surface area contributed by atoms with E-state index in [1.807, 2.05) is 6.92 Å². The third-order valence-corrected chi connectivity index (χ3v) is 4.94. The molecule has 2 N–H and O–H groups in total. The quantitative estimate of drug-likeness (QED) is 0.693. The van der Waals surface area contributed by atoms with Gasteiger partial charge in [-0.3, -0.25) is 4.79 Å². The summed E-state index contributed by atoms with van der Waals surface area (Å²) in [4.78, 5) is 17.1. The number of rotatable bonds is 8. The molecule has 1 amide bonds. The fourth-order valence-corrected chi connectivity index (χ4v) is 3.27. The van der Waals surface area contributed by atoms with Gasteiger partial charge in [-0.2, -0.15) is 0 Å². The van der Waals surface area contributed by atoms with Crippen LogP contribution in [0.3, 0.4) is 0 Å². The highest BCUT2D eigenvalue weighted by Gasteiger charge is 2.23. The van der Waals surface area contributed by atoms with Crippen molar-refractivity contribution in [2.45, 2.75) is 30.8 Å². The first-order valence-corrected chi connectivity index (χ1v) is 9.15. The molecule has 0 saturated carbocycles. The summed E-state index contributed by atoms with van der Waals surface area (Å²) in [5, 5.41) is 6.50. The van der Waals surface area contributed by atoms with Crippen LogP contribution >= 0.6 is 0 Å². The predicted octanol–water partition coefficient (Wildman–Crippen LogP) is 1.44. The van der Waals surface area contributed by atoms with E-state index in [2.05, 4.69) is 21.8 Å². The molecule has 1 aliphatic rings. The lowest BCUT2D eigenvalue weighted by Gasteiger charge is -2.11. The molecule has 0 fully saturated rings. The zero-order valence-electron chi connectivity index (χ0n) is 13.5. The SMILES string of the molecule is C=CCNC(=O)c1cccc(S(=O)(=O)NC[C@@H]2CC(CC)=NO2)c1. The number of oxime groups is 1. The van der Waals surface area contributed by atoms with Crippen LogP contribution in [-0.4, -0.2) is 39.2 Å². The molecule has 8 heteroatoms. The summed E-state index contributed by atoms with van der Waals surface area (Å²) in [6.45, 7) is 5.92. The summed E-state index contributed by atoms with van der Waals surface area (Å²) in [6, 6.07) is 5.86. The molecule has 130 valence electrons. The Morgan fingerprint density at radius 3 is 2.96 bits per heavy atom. The lowest BCUT2D eigenvalue weighted by Crippen LogP contribution is -2.32. The van der Waals surface area contributed by atoms with Crippen LogP contribution in [0.1, 0.15) is 30.1 Å². The van der Waals surface area contributed by atoms with E-state index in [0.29, 0.717) is 13.0 Å². The number of hydrogen-bond acceptors (Lipinski definition) is 5.